The highest BCUT2D eigenvalue weighted by atomic mass is 15.2. The zero-order chi connectivity index (χ0) is 13.0. The van der Waals surface area contributed by atoms with E-state index in [1.165, 1.54) is 52.1 Å². The first kappa shape index (κ1) is 12.6. The third kappa shape index (κ3) is 1.96. The predicted octanol–water partition coefficient (Wildman–Crippen LogP) is -0.180. The van der Waals surface area contributed by atoms with Gasteiger partial charge in [-0.05, 0) is 63.8 Å². The molecule has 0 bridgehead atoms. The summed E-state index contributed by atoms with van der Waals surface area (Å²) in [7, 11) is 4.61. The van der Waals surface area contributed by atoms with Gasteiger partial charge in [-0.2, -0.15) is 0 Å². The fourth-order valence-electron chi connectivity index (χ4n) is 5.57. The van der Waals surface area contributed by atoms with E-state index in [2.05, 4.69) is 34.5 Å². The summed E-state index contributed by atoms with van der Waals surface area (Å²) in [5.41, 5.74) is 0.648. The van der Waals surface area contributed by atoms with E-state index >= 15 is 0 Å². The largest absolute Gasteiger partial charge is 0.316 e. The second kappa shape index (κ2) is 4.42. The number of hydrogen-bond donors (Lipinski definition) is 2. The molecule has 0 aromatic carbocycles. The summed E-state index contributed by atoms with van der Waals surface area (Å²) in [5.74, 6) is 1.79. The molecule has 4 fully saturated rings. The summed E-state index contributed by atoms with van der Waals surface area (Å²) in [6.07, 6.45) is 2.78. The van der Waals surface area contributed by atoms with E-state index in [0.29, 0.717) is 5.41 Å². The van der Waals surface area contributed by atoms with Crippen molar-refractivity contribution in [3.05, 3.63) is 0 Å². The summed E-state index contributed by atoms with van der Waals surface area (Å²) in [6.45, 7) is 7.67. The van der Waals surface area contributed by atoms with E-state index in [-0.39, 0.29) is 0 Å². The molecule has 2 N–H and O–H groups in total. The molecule has 4 nitrogen and oxygen atoms in total. The minimum Gasteiger partial charge on any atom is -0.316 e. The highest BCUT2D eigenvalue weighted by molar-refractivity contribution is 5.07. The molecule has 0 radical (unpaired) electrons. The predicted molar refractivity (Wildman–Crippen MR) is 77.2 cm³/mol. The molecule has 4 atom stereocenters. The van der Waals surface area contributed by atoms with E-state index in [1.54, 1.807) is 0 Å². The van der Waals surface area contributed by atoms with E-state index < -0.39 is 0 Å². The molecule has 4 unspecified atom stereocenters. The van der Waals surface area contributed by atoms with E-state index in [4.69, 9.17) is 0 Å². The minimum atomic E-state index is 0.648. The topological polar surface area (TPSA) is 30.5 Å². The van der Waals surface area contributed by atoms with Crippen molar-refractivity contribution in [1.29, 1.82) is 0 Å². The number of likely N-dealkylation sites (tertiary alicyclic amines) is 2. The maximum absolute atomic E-state index is 3.85. The molecule has 4 aliphatic rings. The fraction of sp³-hybridized carbons (Fsp3) is 1.00. The molecular weight excluding hydrogens is 236 g/mol. The molecule has 0 aliphatic carbocycles. The summed E-state index contributed by atoms with van der Waals surface area (Å²) in [5, 5.41) is 7.46. The monoisotopic (exact) mass is 264 g/mol. The third-order valence-electron chi connectivity index (χ3n) is 6.20. The number of likely N-dealkylation sites (N-methyl/N-ethyl adjacent to an activating group) is 1. The van der Waals surface area contributed by atoms with Crippen molar-refractivity contribution in [3.8, 4) is 0 Å². The van der Waals surface area contributed by atoms with Crippen molar-refractivity contribution in [2.75, 3.05) is 53.4 Å². The quantitative estimate of drug-likeness (QED) is 0.688. The van der Waals surface area contributed by atoms with Crippen LogP contribution in [0.15, 0.2) is 0 Å². The van der Waals surface area contributed by atoms with E-state index in [0.717, 1.165) is 23.9 Å². The molecule has 0 aromatic heterocycles. The van der Waals surface area contributed by atoms with Gasteiger partial charge < -0.3 is 20.4 Å². The van der Waals surface area contributed by atoms with Crippen LogP contribution in [0.5, 0.6) is 0 Å². The molecule has 4 saturated heterocycles. The number of nitrogens with one attached hydrogen (secondary N) is 2. The molecule has 0 aromatic rings. The second-order valence-corrected chi connectivity index (χ2v) is 7.70. The number of hydrogen-bond acceptors (Lipinski definition) is 4. The molecule has 4 heterocycles. The number of rotatable bonds is 1. The summed E-state index contributed by atoms with van der Waals surface area (Å²) in [4.78, 5) is 5.13. The van der Waals surface area contributed by atoms with Gasteiger partial charge in [0.1, 0.15) is 0 Å². The Kier molecular flexibility index (Phi) is 2.92. The van der Waals surface area contributed by atoms with Gasteiger partial charge in [-0.15, -0.1) is 0 Å². The highest BCUT2D eigenvalue weighted by Crippen LogP contribution is 2.43. The zero-order valence-electron chi connectivity index (χ0n) is 12.4. The van der Waals surface area contributed by atoms with E-state index in [1.807, 2.05) is 0 Å². The molecule has 4 heteroatoms. The summed E-state index contributed by atoms with van der Waals surface area (Å²) >= 11 is 0. The molecular formula is C15H28N4. The van der Waals surface area contributed by atoms with Crippen molar-refractivity contribution in [2.45, 2.75) is 24.9 Å². The Bertz CT molecular complexity index is 347. The van der Waals surface area contributed by atoms with Crippen molar-refractivity contribution in [1.82, 2.24) is 20.4 Å². The number of nitrogens with zero attached hydrogens (tertiary/aromatic N) is 2. The molecule has 4 rings (SSSR count). The van der Waals surface area contributed by atoms with Gasteiger partial charge in [0.2, 0.25) is 0 Å². The zero-order valence-corrected chi connectivity index (χ0v) is 12.4. The van der Waals surface area contributed by atoms with Gasteiger partial charge in [-0.25, -0.2) is 0 Å². The SMILES string of the molecule is CN1CC2(CCNC(C3C4CNCC4CN3C)C2)C1. The van der Waals surface area contributed by atoms with Crippen molar-refractivity contribution in [2.24, 2.45) is 17.3 Å². The lowest BCUT2D eigenvalue weighted by molar-refractivity contribution is -0.0281. The minimum absolute atomic E-state index is 0.648. The smallest absolute Gasteiger partial charge is 0.0290 e. The first-order valence-corrected chi connectivity index (χ1v) is 8.00. The van der Waals surface area contributed by atoms with Gasteiger partial charge >= 0.3 is 0 Å². The first-order valence-electron chi connectivity index (χ1n) is 8.00. The number of fused-ring (bicyclic) bond motifs is 1. The van der Waals surface area contributed by atoms with Gasteiger partial charge in [0.25, 0.3) is 0 Å². The van der Waals surface area contributed by atoms with Crippen LogP contribution in [0.4, 0.5) is 0 Å². The molecule has 108 valence electrons. The third-order valence-corrected chi connectivity index (χ3v) is 6.20. The van der Waals surface area contributed by atoms with Gasteiger partial charge in [-0.3, -0.25) is 0 Å². The molecule has 0 saturated carbocycles. The van der Waals surface area contributed by atoms with Crippen LogP contribution in [0.3, 0.4) is 0 Å². The van der Waals surface area contributed by atoms with Crippen LogP contribution in [0.2, 0.25) is 0 Å². The molecule has 19 heavy (non-hydrogen) atoms. The lowest BCUT2D eigenvalue weighted by Crippen LogP contribution is -2.64. The number of piperidine rings is 1. The van der Waals surface area contributed by atoms with Crippen LogP contribution in [-0.4, -0.2) is 75.2 Å². The molecule has 1 spiro atoms. The van der Waals surface area contributed by atoms with Gasteiger partial charge in [0, 0.05) is 31.7 Å². The average Bonchev–Trinajstić information content (AvgIpc) is 2.87. The second-order valence-electron chi connectivity index (χ2n) is 7.70. The van der Waals surface area contributed by atoms with Crippen LogP contribution < -0.4 is 10.6 Å². The maximum Gasteiger partial charge on any atom is 0.0290 e. The lowest BCUT2D eigenvalue weighted by Gasteiger charge is -2.54. The highest BCUT2D eigenvalue weighted by Gasteiger charge is 2.51. The Morgan fingerprint density at radius 1 is 1.16 bits per heavy atom. The van der Waals surface area contributed by atoms with Crippen LogP contribution in [-0.2, 0) is 0 Å². The standard InChI is InChI=1S/C15H28N4/c1-18-9-15(10-18)3-4-17-13(5-15)14-12-7-16-6-11(12)8-19(14)2/h11-14,16-17H,3-10H2,1-2H3. The summed E-state index contributed by atoms with van der Waals surface area (Å²) in [6, 6.07) is 1.49. The lowest BCUT2D eigenvalue weighted by atomic mass is 9.68. The van der Waals surface area contributed by atoms with Gasteiger partial charge in [-0.1, -0.05) is 0 Å². The first-order chi connectivity index (χ1) is 9.17. The Balaban J connectivity index is 1.49. The molecule has 0 amide bonds. The maximum atomic E-state index is 3.85. The van der Waals surface area contributed by atoms with Crippen LogP contribution in [0.25, 0.3) is 0 Å². The molecule has 4 aliphatic heterocycles. The van der Waals surface area contributed by atoms with Crippen LogP contribution >= 0.6 is 0 Å². The van der Waals surface area contributed by atoms with Gasteiger partial charge in [0.15, 0.2) is 0 Å². The van der Waals surface area contributed by atoms with Crippen molar-refractivity contribution >= 4 is 0 Å². The van der Waals surface area contributed by atoms with Crippen molar-refractivity contribution < 1.29 is 0 Å². The Morgan fingerprint density at radius 2 is 2.00 bits per heavy atom. The Hall–Kier alpha value is -0.160. The fourth-order valence-corrected chi connectivity index (χ4v) is 5.57. The summed E-state index contributed by atoms with van der Waals surface area (Å²) < 4.78 is 0. The Morgan fingerprint density at radius 3 is 2.79 bits per heavy atom. The van der Waals surface area contributed by atoms with E-state index in [9.17, 15) is 0 Å². The van der Waals surface area contributed by atoms with Crippen LogP contribution in [0.1, 0.15) is 12.8 Å². The normalized spacial score (nSPS) is 46.4. The van der Waals surface area contributed by atoms with Gasteiger partial charge in [0.05, 0.1) is 0 Å². The van der Waals surface area contributed by atoms with Crippen LogP contribution in [0, 0.1) is 17.3 Å². The Labute approximate surface area is 116 Å². The van der Waals surface area contributed by atoms with Crippen molar-refractivity contribution in [3.63, 3.8) is 0 Å². The average molecular weight is 264 g/mol.